The molecule has 1 fully saturated rings. The zero-order chi connectivity index (χ0) is 12.0. The fourth-order valence-electron chi connectivity index (χ4n) is 1.07. The van der Waals surface area contributed by atoms with Crippen LogP contribution < -0.4 is 0 Å². The van der Waals surface area contributed by atoms with Crippen LogP contribution in [-0.4, -0.2) is 43.5 Å². The van der Waals surface area contributed by atoms with Gasteiger partial charge in [-0.25, -0.2) is 0 Å². The molecule has 3 nitrogen and oxygen atoms in total. The number of epoxide rings is 1. The summed E-state index contributed by atoms with van der Waals surface area (Å²) in [6.07, 6.45) is 6.30. The summed E-state index contributed by atoms with van der Waals surface area (Å²) in [5, 5.41) is 0. The van der Waals surface area contributed by atoms with Crippen LogP contribution in [0, 0.1) is 12.3 Å². The lowest BCUT2D eigenvalue weighted by atomic mass is 10.1. The van der Waals surface area contributed by atoms with Crippen molar-refractivity contribution < 1.29 is 14.2 Å². The van der Waals surface area contributed by atoms with E-state index >= 15 is 0 Å². The zero-order valence-corrected chi connectivity index (χ0v) is 10.6. The molecule has 0 aromatic carbocycles. The summed E-state index contributed by atoms with van der Waals surface area (Å²) in [6.45, 7) is 5.67. The van der Waals surface area contributed by atoms with E-state index < -0.39 is 5.60 Å². The molecule has 0 aromatic rings. The molecule has 0 bridgehead atoms. The van der Waals surface area contributed by atoms with E-state index in [9.17, 15) is 0 Å². The molecule has 1 aliphatic heterocycles. The van der Waals surface area contributed by atoms with Gasteiger partial charge in [0, 0.05) is 0 Å². The summed E-state index contributed by atoms with van der Waals surface area (Å²) in [5.41, 5.74) is -0.524. The standard InChI is InChI=1S/C12H19ClO3/c1-4-12(3,5-2)16-9-10(6-13)14-7-11-8-15-11/h1,10-11H,5-9H2,2-3H3/t10-,11-,12-/m1/s1. The maximum Gasteiger partial charge on any atom is 0.125 e. The van der Waals surface area contributed by atoms with Crippen molar-refractivity contribution in [2.75, 3.05) is 25.7 Å². The molecule has 1 rings (SSSR count). The van der Waals surface area contributed by atoms with Gasteiger partial charge in [0.1, 0.15) is 11.7 Å². The van der Waals surface area contributed by atoms with Crippen LogP contribution in [0.2, 0.25) is 0 Å². The maximum absolute atomic E-state index is 5.79. The SMILES string of the molecule is C#C[C@](C)(CC)OC[C@@H](CCl)OC[C@@H]1CO1. The van der Waals surface area contributed by atoms with Gasteiger partial charge < -0.3 is 14.2 Å². The van der Waals surface area contributed by atoms with Crippen LogP contribution in [0.15, 0.2) is 0 Å². The van der Waals surface area contributed by atoms with E-state index in [1.165, 1.54) is 0 Å². The lowest BCUT2D eigenvalue weighted by Crippen LogP contribution is -2.32. The second-order valence-electron chi connectivity index (χ2n) is 4.10. The van der Waals surface area contributed by atoms with Crippen molar-refractivity contribution in [3.05, 3.63) is 0 Å². The Kier molecular flexibility index (Phi) is 5.57. The molecule has 3 atom stereocenters. The van der Waals surface area contributed by atoms with Crippen LogP contribution in [0.1, 0.15) is 20.3 Å². The minimum atomic E-state index is -0.524. The van der Waals surface area contributed by atoms with Gasteiger partial charge in [-0.1, -0.05) is 12.8 Å². The van der Waals surface area contributed by atoms with Crippen LogP contribution in [0.4, 0.5) is 0 Å². The first-order valence-electron chi connectivity index (χ1n) is 5.54. The second-order valence-corrected chi connectivity index (χ2v) is 4.41. The smallest absolute Gasteiger partial charge is 0.125 e. The highest BCUT2D eigenvalue weighted by Crippen LogP contribution is 2.16. The Hall–Kier alpha value is -0.270. The summed E-state index contributed by atoms with van der Waals surface area (Å²) in [6, 6.07) is 0. The van der Waals surface area contributed by atoms with Gasteiger partial charge in [0.05, 0.1) is 31.8 Å². The predicted molar refractivity (Wildman–Crippen MR) is 63.7 cm³/mol. The summed E-state index contributed by atoms with van der Waals surface area (Å²) >= 11 is 5.79. The molecule has 0 aromatic heterocycles. The van der Waals surface area contributed by atoms with E-state index in [0.29, 0.717) is 19.1 Å². The first-order chi connectivity index (χ1) is 7.63. The van der Waals surface area contributed by atoms with E-state index in [0.717, 1.165) is 13.0 Å². The Morgan fingerprint density at radius 3 is 2.81 bits per heavy atom. The van der Waals surface area contributed by atoms with Gasteiger partial charge in [-0.05, 0) is 13.3 Å². The lowest BCUT2D eigenvalue weighted by Gasteiger charge is -2.25. The third-order valence-electron chi connectivity index (χ3n) is 2.66. The fraction of sp³-hybridized carbons (Fsp3) is 0.833. The second kappa shape index (κ2) is 6.46. The number of hydrogen-bond acceptors (Lipinski definition) is 3. The number of hydrogen-bond donors (Lipinski definition) is 0. The highest BCUT2D eigenvalue weighted by Gasteiger charge is 2.26. The van der Waals surface area contributed by atoms with E-state index in [1.807, 2.05) is 13.8 Å². The molecule has 0 amide bonds. The Labute approximate surface area is 102 Å². The Balaban J connectivity index is 2.23. The summed E-state index contributed by atoms with van der Waals surface area (Å²) in [4.78, 5) is 0. The molecule has 0 unspecified atom stereocenters. The van der Waals surface area contributed by atoms with Gasteiger partial charge in [-0.15, -0.1) is 18.0 Å². The van der Waals surface area contributed by atoms with Crippen molar-refractivity contribution in [3.63, 3.8) is 0 Å². The van der Waals surface area contributed by atoms with E-state index in [2.05, 4.69) is 5.92 Å². The van der Waals surface area contributed by atoms with Crippen molar-refractivity contribution >= 4 is 11.6 Å². The molecule has 1 saturated heterocycles. The van der Waals surface area contributed by atoms with E-state index in [-0.39, 0.29) is 12.2 Å². The van der Waals surface area contributed by atoms with Crippen LogP contribution in [0.3, 0.4) is 0 Å². The van der Waals surface area contributed by atoms with Crippen LogP contribution >= 0.6 is 11.6 Å². The van der Waals surface area contributed by atoms with Crippen molar-refractivity contribution in [1.82, 2.24) is 0 Å². The Morgan fingerprint density at radius 2 is 2.38 bits per heavy atom. The van der Waals surface area contributed by atoms with Gasteiger partial charge in [0.2, 0.25) is 0 Å². The molecule has 92 valence electrons. The van der Waals surface area contributed by atoms with Crippen molar-refractivity contribution in [2.24, 2.45) is 0 Å². The number of alkyl halides is 1. The Morgan fingerprint density at radius 1 is 1.69 bits per heavy atom. The minimum absolute atomic E-state index is 0.120. The van der Waals surface area contributed by atoms with Crippen molar-refractivity contribution in [3.8, 4) is 12.3 Å². The third kappa shape index (κ3) is 4.71. The molecule has 0 N–H and O–H groups in total. The Bertz CT molecular complexity index is 247. The largest absolute Gasteiger partial charge is 0.372 e. The van der Waals surface area contributed by atoms with Gasteiger partial charge in [-0.3, -0.25) is 0 Å². The predicted octanol–water partition coefficient (Wildman–Crippen LogP) is 1.83. The minimum Gasteiger partial charge on any atom is -0.372 e. The van der Waals surface area contributed by atoms with Gasteiger partial charge in [0.15, 0.2) is 0 Å². The molecule has 0 saturated carbocycles. The third-order valence-corrected chi connectivity index (χ3v) is 3.00. The summed E-state index contributed by atoms with van der Waals surface area (Å²) in [5.74, 6) is 3.04. The zero-order valence-electron chi connectivity index (χ0n) is 9.87. The molecule has 16 heavy (non-hydrogen) atoms. The first-order valence-corrected chi connectivity index (χ1v) is 6.08. The van der Waals surface area contributed by atoms with Crippen LogP contribution in [0.5, 0.6) is 0 Å². The molecule has 0 radical (unpaired) electrons. The molecule has 0 aliphatic carbocycles. The monoisotopic (exact) mass is 246 g/mol. The highest BCUT2D eigenvalue weighted by molar-refractivity contribution is 6.18. The number of ether oxygens (including phenoxy) is 3. The molecule has 0 spiro atoms. The molecular formula is C12H19ClO3. The topological polar surface area (TPSA) is 31.0 Å². The number of rotatable bonds is 8. The van der Waals surface area contributed by atoms with Gasteiger partial charge >= 0.3 is 0 Å². The van der Waals surface area contributed by atoms with Crippen molar-refractivity contribution in [2.45, 2.75) is 38.1 Å². The van der Waals surface area contributed by atoms with Gasteiger partial charge in [-0.2, -0.15) is 0 Å². The number of terminal acetylenes is 1. The number of halogens is 1. The molecular weight excluding hydrogens is 228 g/mol. The van der Waals surface area contributed by atoms with Crippen molar-refractivity contribution in [1.29, 1.82) is 0 Å². The van der Waals surface area contributed by atoms with Gasteiger partial charge in [0.25, 0.3) is 0 Å². The molecule has 1 heterocycles. The average molecular weight is 247 g/mol. The fourth-order valence-corrected chi connectivity index (χ4v) is 1.25. The molecule has 4 heteroatoms. The highest BCUT2D eigenvalue weighted by atomic mass is 35.5. The quantitative estimate of drug-likeness (QED) is 0.372. The normalized spacial score (nSPS) is 24.5. The lowest BCUT2D eigenvalue weighted by molar-refractivity contribution is -0.0594. The summed E-state index contributed by atoms with van der Waals surface area (Å²) in [7, 11) is 0. The van der Waals surface area contributed by atoms with E-state index in [4.69, 9.17) is 32.2 Å². The summed E-state index contributed by atoms with van der Waals surface area (Å²) < 4.78 is 16.2. The molecule has 1 aliphatic rings. The van der Waals surface area contributed by atoms with E-state index in [1.54, 1.807) is 0 Å². The average Bonchev–Trinajstić information content (AvgIpc) is 3.13. The van der Waals surface area contributed by atoms with Crippen LogP contribution in [-0.2, 0) is 14.2 Å². The maximum atomic E-state index is 5.79. The first kappa shape index (κ1) is 13.8. The van der Waals surface area contributed by atoms with Crippen LogP contribution in [0.25, 0.3) is 0 Å².